The molecule has 0 radical (unpaired) electrons. The quantitative estimate of drug-likeness (QED) is 0.310. The van der Waals surface area contributed by atoms with Crippen LogP contribution >= 0.6 is 0 Å². The van der Waals surface area contributed by atoms with E-state index in [1.165, 1.54) is 12.1 Å². The lowest BCUT2D eigenvalue weighted by Crippen LogP contribution is -2.49. The summed E-state index contributed by atoms with van der Waals surface area (Å²) in [5.74, 6) is -1.78. The second-order valence-electron chi connectivity index (χ2n) is 9.17. The van der Waals surface area contributed by atoms with Crippen molar-refractivity contribution in [3.05, 3.63) is 101 Å². The Balaban J connectivity index is 1.37. The van der Waals surface area contributed by atoms with Crippen molar-refractivity contribution >= 4 is 11.7 Å². The Hall–Kier alpha value is -3.37. The van der Waals surface area contributed by atoms with Crippen molar-refractivity contribution < 1.29 is 23.5 Å². The number of hydroxylamine groups is 1. The van der Waals surface area contributed by atoms with Gasteiger partial charge in [0, 0.05) is 18.7 Å². The first-order valence-electron chi connectivity index (χ1n) is 12.4. The number of aryl methyl sites for hydroxylation is 1. The first-order chi connectivity index (χ1) is 17.8. The molecule has 4 rings (SSSR count). The first-order valence-corrected chi connectivity index (χ1v) is 12.4. The van der Waals surface area contributed by atoms with Gasteiger partial charge in [-0.2, -0.15) is 0 Å². The van der Waals surface area contributed by atoms with Crippen molar-refractivity contribution in [2.45, 2.75) is 44.4 Å². The van der Waals surface area contributed by atoms with Crippen molar-refractivity contribution in [3.8, 4) is 0 Å². The number of fused-ring (bicyclic) bond motifs is 1. The van der Waals surface area contributed by atoms with Gasteiger partial charge in [0.2, 0.25) is 0 Å². The molecule has 1 aliphatic rings. The molecule has 0 amide bonds. The van der Waals surface area contributed by atoms with E-state index in [-0.39, 0.29) is 19.0 Å². The monoisotopic (exact) mass is 510 g/mol. The van der Waals surface area contributed by atoms with Crippen LogP contribution in [0.3, 0.4) is 0 Å². The molecule has 0 saturated carbocycles. The standard InChI is InChI=1S/C28H32F2N4O3/c1-2-18-8-9-26-23(14-18)25(10-11-34(26)37-28(36)20-6-4-3-5-7-20)33-32-17-27(35)24(31)15-19-12-21(29)16-22(30)13-19/h3-9,12-14,16,24-25,27,32-33,35H,2,10-11,15,17,31H2,1H3/t24-,25?,27+/m0/s1. The van der Waals surface area contributed by atoms with Gasteiger partial charge in [0.15, 0.2) is 0 Å². The molecule has 7 nitrogen and oxygen atoms in total. The predicted molar refractivity (Wildman–Crippen MR) is 138 cm³/mol. The van der Waals surface area contributed by atoms with Gasteiger partial charge in [0.1, 0.15) is 11.6 Å². The van der Waals surface area contributed by atoms with Gasteiger partial charge in [-0.05, 0) is 66.3 Å². The fraction of sp³-hybridized carbons (Fsp3) is 0.321. The number of halogens is 2. The SMILES string of the molecule is CCc1ccc2c(c1)C(NNC[C@@H](O)[C@@H](N)Cc1cc(F)cc(F)c1)CCN2OC(=O)c1ccccc1. The first kappa shape index (κ1) is 26.7. The number of carbonyl (C=O) groups is 1. The highest BCUT2D eigenvalue weighted by atomic mass is 19.1. The molecule has 0 aromatic heterocycles. The van der Waals surface area contributed by atoms with Gasteiger partial charge < -0.3 is 15.7 Å². The summed E-state index contributed by atoms with van der Waals surface area (Å²) in [5.41, 5.74) is 16.1. The predicted octanol–water partition coefficient (Wildman–Crippen LogP) is 3.58. The number of carbonyl (C=O) groups excluding carboxylic acids is 1. The van der Waals surface area contributed by atoms with Crippen molar-refractivity contribution in [1.82, 2.24) is 10.9 Å². The molecule has 3 atom stereocenters. The highest BCUT2D eigenvalue weighted by Crippen LogP contribution is 2.35. The van der Waals surface area contributed by atoms with Gasteiger partial charge in [0.05, 0.1) is 29.9 Å². The minimum absolute atomic E-state index is 0.103. The molecule has 1 heterocycles. The average Bonchev–Trinajstić information content (AvgIpc) is 2.89. The smallest absolute Gasteiger partial charge is 0.363 e. The van der Waals surface area contributed by atoms with Crippen LogP contribution in [0, 0.1) is 11.6 Å². The van der Waals surface area contributed by atoms with Crippen LogP contribution in [0.4, 0.5) is 14.5 Å². The van der Waals surface area contributed by atoms with E-state index in [9.17, 15) is 18.7 Å². The van der Waals surface area contributed by atoms with Gasteiger partial charge in [-0.25, -0.2) is 18.6 Å². The van der Waals surface area contributed by atoms with Gasteiger partial charge in [-0.1, -0.05) is 37.3 Å². The number of hydrazine groups is 1. The Bertz CT molecular complexity index is 1190. The minimum Gasteiger partial charge on any atom is -0.390 e. The fourth-order valence-electron chi connectivity index (χ4n) is 4.40. The van der Waals surface area contributed by atoms with Crippen LogP contribution in [0.2, 0.25) is 0 Å². The number of aliphatic hydroxyl groups excluding tert-OH is 1. The number of nitrogens with two attached hydrogens (primary N) is 1. The third-order valence-electron chi connectivity index (χ3n) is 6.44. The Morgan fingerprint density at radius 1 is 1.11 bits per heavy atom. The van der Waals surface area contributed by atoms with Crippen LogP contribution in [0.15, 0.2) is 66.7 Å². The highest BCUT2D eigenvalue weighted by Gasteiger charge is 2.28. The summed E-state index contributed by atoms with van der Waals surface area (Å²) in [6.07, 6.45) is 0.670. The molecule has 1 aliphatic heterocycles. The summed E-state index contributed by atoms with van der Waals surface area (Å²) in [6, 6.07) is 17.3. The molecule has 0 fully saturated rings. The van der Waals surface area contributed by atoms with Crippen LogP contribution in [-0.2, 0) is 17.7 Å². The molecule has 1 unspecified atom stereocenters. The van der Waals surface area contributed by atoms with Crippen LogP contribution in [-0.4, -0.2) is 36.3 Å². The number of nitrogens with one attached hydrogen (secondary N) is 2. The van der Waals surface area contributed by atoms with Crippen molar-refractivity contribution in [1.29, 1.82) is 0 Å². The minimum atomic E-state index is -0.952. The zero-order chi connectivity index (χ0) is 26.4. The molecule has 0 spiro atoms. The lowest BCUT2D eigenvalue weighted by Gasteiger charge is -2.35. The maximum absolute atomic E-state index is 13.5. The molecule has 3 aromatic carbocycles. The summed E-state index contributed by atoms with van der Waals surface area (Å²) in [7, 11) is 0. The van der Waals surface area contributed by atoms with Gasteiger partial charge in [-0.15, -0.1) is 0 Å². The zero-order valence-electron chi connectivity index (χ0n) is 20.7. The molecule has 0 bridgehead atoms. The summed E-state index contributed by atoms with van der Waals surface area (Å²) < 4.78 is 26.9. The van der Waals surface area contributed by atoms with E-state index in [1.54, 1.807) is 29.3 Å². The molecule has 3 aromatic rings. The third-order valence-corrected chi connectivity index (χ3v) is 6.44. The number of benzene rings is 3. The second-order valence-corrected chi connectivity index (χ2v) is 9.17. The van der Waals surface area contributed by atoms with E-state index >= 15 is 0 Å². The van der Waals surface area contributed by atoms with Crippen molar-refractivity contribution in [3.63, 3.8) is 0 Å². The summed E-state index contributed by atoms with van der Waals surface area (Å²) >= 11 is 0. The Kier molecular flexibility index (Phi) is 8.83. The average molecular weight is 511 g/mol. The van der Waals surface area contributed by atoms with Crippen LogP contribution in [0.1, 0.15) is 46.4 Å². The molecule has 196 valence electrons. The number of hydrogen-bond donors (Lipinski definition) is 4. The molecule has 37 heavy (non-hydrogen) atoms. The highest BCUT2D eigenvalue weighted by molar-refractivity contribution is 5.90. The molecule has 0 aliphatic carbocycles. The number of nitrogens with zero attached hydrogens (tertiary/aromatic N) is 1. The number of aliphatic hydroxyl groups is 1. The third kappa shape index (κ3) is 6.90. The van der Waals surface area contributed by atoms with Gasteiger partial charge in [-0.3, -0.25) is 10.9 Å². The van der Waals surface area contributed by atoms with E-state index in [1.807, 2.05) is 18.2 Å². The topological polar surface area (TPSA) is 99.8 Å². The lowest BCUT2D eigenvalue weighted by atomic mass is 9.95. The molecule has 5 N–H and O–H groups in total. The van der Waals surface area contributed by atoms with Crippen molar-refractivity contribution in [2.24, 2.45) is 5.73 Å². The summed E-state index contributed by atoms with van der Waals surface area (Å²) in [5, 5.41) is 12.1. The van der Waals surface area contributed by atoms with Crippen molar-refractivity contribution in [2.75, 3.05) is 18.2 Å². The normalized spacial score (nSPS) is 16.7. The maximum Gasteiger partial charge on any atom is 0.363 e. The number of hydrogen-bond acceptors (Lipinski definition) is 7. The zero-order valence-corrected chi connectivity index (χ0v) is 20.7. The van der Waals surface area contributed by atoms with E-state index in [0.29, 0.717) is 24.1 Å². The number of anilines is 1. The van der Waals surface area contributed by atoms with E-state index in [2.05, 4.69) is 23.8 Å². The fourth-order valence-corrected chi connectivity index (χ4v) is 4.40. The lowest BCUT2D eigenvalue weighted by molar-refractivity contribution is 0.0434. The maximum atomic E-state index is 13.5. The Morgan fingerprint density at radius 3 is 2.54 bits per heavy atom. The molecule has 9 heteroatoms. The van der Waals surface area contributed by atoms with E-state index < -0.39 is 29.7 Å². The van der Waals surface area contributed by atoms with Gasteiger partial charge >= 0.3 is 5.97 Å². The largest absolute Gasteiger partial charge is 0.390 e. The Morgan fingerprint density at radius 2 is 1.84 bits per heavy atom. The number of rotatable bonds is 10. The Labute approximate surface area is 215 Å². The summed E-state index contributed by atoms with van der Waals surface area (Å²) in [6.45, 7) is 2.68. The van der Waals surface area contributed by atoms with E-state index in [0.717, 1.165) is 29.3 Å². The molecular formula is C28H32F2N4O3. The van der Waals surface area contributed by atoms with E-state index in [4.69, 9.17) is 10.6 Å². The van der Waals surface area contributed by atoms with Gasteiger partial charge in [0.25, 0.3) is 0 Å². The van der Waals surface area contributed by atoms with Crippen LogP contribution in [0.25, 0.3) is 0 Å². The van der Waals surface area contributed by atoms with Crippen LogP contribution in [0.5, 0.6) is 0 Å². The summed E-state index contributed by atoms with van der Waals surface area (Å²) in [4.78, 5) is 18.3. The molecule has 0 saturated heterocycles. The second kappa shape index (κ2) is 12.2. The van der Waals surface area contributed by atoms with Crippen LogP contribution < -0.4 is 21.6 Å². The molecular weight excluding hydrogens is 478 g/mol.